The van der Waals surface area contributed by atoms with Crippen molar-refractivity contribution in [2.45, 2.75) is 33.4 Å². The molecule has 0 fully saturated rings. The van der Waals surface area contributed by atoms with E-state index >= 15 is 0 Å². The molecule has 0 bridgehead atoms. The van der Waals surface area contributed by atoms with Crippen LogP contribution in [0.2, 0.25) is 0 Å². The molecule has 126 valence electrons. The smallest absolute Gasteiger partial charge is 0.193 e. The summed E-state index contributed by atoms with van der Waals surface area (Å²) < 4.78 is 0. The SMILES string of the molecule is CCN(CCNC(=NCc1ccccc1)N(C)C)C(C)C.I. The van der Waals surface area contributed by atoms with Crippen LogP contribution in [-0.4, -0.2) is 55.5 Å². The molecule has 0 amide bonds. The van der Waals surface area contributed by atoms with Crippen LogP contribution < -0.4 is 5.32 Å². The van der Waals surface area contributed by atoms with E-state index < -0.39 is 0 Å². The average Bonchev–Trinajstić information content (AvgIpc) is 2.46. The topological polar surface area (TPSA) is 30.9 Å². The number of nitrogens with zero attached hydrogens (tertiary/aromatic N) is 3. The van der Waals surface area contributed by atoms with Crippen LogP contribution in [-0.2, 0) is 6.54 Å². The molecule has 1 rings (SSSR count). The summed E-state index contributed by atoms with van der Waals surface area (Å²) >= 11 is 0. The number of benzene rings is 1. The van der Waals surface area contributed by atoms with E-state index in [9.17, 15) is 0 Å². The number of aliphatic imine (C=N–C) groups is 1. The number of rotatable bonds is 7. The Kier molecular flexibility index (Phi) is 11.3. The van der Waals surface area contributed by atoms with E-state index in [1.165, 1.54) is 5.56 Å². The van der Waals surface area contributed by atoms with E-state index in [4.69, 9.17) is 0 Å². The first kappa shape index (κ1) is 21.2. The summed E-state index contributed by atoms with van der Waals surface area (Å²) in [5, 5.41) is 3.44. The standard InChI is InChI=1S/C17H30N4.HI/c1-6-21(15(2)3)13-12-18-17(20(4)5)19-14-16-10-8-7-9-11-16;/h7-11,15H,6,12-14H2,1-5H3,(H,18,19);1H. The molecule has 5 heteroatoms. The van der Waals surface area contributed by atoms with Crippen molar-refractivity contribution in [1.29, 1.82) is 0 Å². The van der Waals surface area contributed by atoms with Gasteiger partial charge in [0, 0.05) is 33.2 Å². The maximum absolute atomic E-state index is 4.67. The Morgan fingerprint density at radius 3 is 2.32 bits per heavy atom. The molecule has 0 saturated heterocycles. The summed E-state index contributed by atoms with van der Waals surface area (Å²) in [4.78, 5) is 9.15. The number of nitrogens with one attached hydrogen (secondary N) is 1. The van der Waals surface area contributed by atoms with Gasteiger partial charge in [0.1, 0.15) is 0 Å². The van der Waals surface area contributed by atoms with Crippen LogP contribution in [0.15, 0.2) is 35.3 Å². The Morgan fingerprint density at radius 2 is 1.82 bits per heavy atom. The van der Waals surface area contributed by atoms with Crippen LogP contribution in [0.4, 0.5) is 0 Å². The third-order valence-corrected chi connectivity index (χ3v) is 3.50. The molecule has 4 nitrogen and oxygen atoms in total. The summed E-state index contributed by atoms with van der Waals surface area (Å²) in [7, 11) is 4.05. The molecule has 22 heavy (non-hydrogen) atoms. The predicted octanol–water partition coefficient (Wildman–Crippen LogP) is 3.04. The van der Waals surface area contributed by atoms with Crippen molar-refractivity contribution in [2.75, 3.05) is 33.7 Å². The van der Waals surface area contributed by atoms with Crippen molar-refractivity contribution in [3.05, 3.63) is 35.9 Å². The predicted molar refractivity (Wildman–Crippen MR) is 107 cm³/mol. The van der Waals surface area contributed by atoms with Gasteiger partial charge in [0.25, 0.3) is 0 Å². The molecule has 0 aliphatic carbocycles. The molecular formula is C17H31IN4. The van der Waals surface area contributed by atoms with E-state index in [-0.39, 0.29) is 24.0 Å². The van der Waals surface area contributed by atoms with Gasteiger partial charge in [0.2, 0.25) is 0 Å². The van der Waals surface area contributed by atoms with E-state index in [1.807, 2.05) is 25.1 Å². The zero-order valence-corrected chi connectivity index (χ0v) is 16.9. The van der Waals surface area contributed by atoms with Crippen LogP contribution in [0.25, 0.3) is 0 Å². The minimum absolute atomic E-state index is 0. The lowest BCUT2D eigenvalue weighted by Crippen LogP contribution is -2.42. The summed E-state index contributed by atoms with van der Waals surface area (Å²) in [5.74, 6) is 0.943. The van der Waals surface area contributed by atoms with E-state index in [2.05, 4.69) is 60.2 Å². The first-order valence-corrected chi connectivity index (χ1v) is 7.78. The van der Waals surface area contributed by atoms with Gasteiger partial charge in [0.15, 0.2) is 5.96 Å². The Morgan fingerprint density at radius 1 is 1.18 bits per heavy atom. The van der Waals surface area contributed by atoms with Crippen LogP contribution in [0.1, 0.15) is 26.3 Å². The Labute approximate surface area is 153 Å². The van der Waals surface area contributed by atoms with E-state index in [1.54, 1.807) is 0 Å². The second kappa shape index (κ2) is 11.7. The first-order valence-electron chi connectivity index (χ1n) is 7.78. The highest BCUT2D eigenvalue weighted by Crippen LogP contribution is 2.01. The van der Waals surface area contributed by atoms with Crippen molar-refractivity contribution < 1.29 is 0 Å². The second-order valence-electron chi connectivity index (χ2n) is 5.67. The molecule has 0 radical (unpaired) electrons. The molecule has 1 aromatic carbocycles. The lowest BCUT2D eigenvalue weighted by atomic mass is 10.2. The molecule has 0 saturated carbocycles. The maximum atomic E-state index is 4.67. The number of halogens is 1. The molecule has 0 aliphatic heterocycles. The van der Waals surface area contributed by atoms with Crippen molar-refractivity contribution in [3.8, 4) is 0 Å². The Hall–Kier alpha value is -0.820. The lowest BCUT2D eigenvalue weighted by Gasteiger charge is -2.26. The van der Waals surface area contributed by atoms with Gasteiger partial charge in [-0.25, -0.2) is 4.99 Å². The molecule has 0 aliphatic rings. The summed E-state index contributed by atoms with van der Waals surface area (Å²) in [5.41, 5.74) is 1.23. The summed E-state index contributed by atoms with van der Waals surface area (Å²) in [6.45, 7) is 10.4. The molecule has 0 spiro atoms. The molecule has 1 aromatic rings. The number of likely N-dealkylation sites (N-methyl/N-ethyl adjacent to an activating group) is 1. The maximum Gasteiger partial charge on any atom is 0.193 e. The van der Waals surface area contributed by atoms with Crippen molar-refractivity contribution in [3.63, 3.8) is 0 Å². The van der Waals surface area contributed by atoms with E-state index in [0.29, 0.717) is 12.6 Å². The summed E-state index contributed by atoms with van der Waals surface area (Å²) in [6, 6.07) is 10.9. The zero-order chi connectivity index (χ0) is 15.7. The fraction of sp³-hybridized carbons (Fsp3) is 0.588. The van der Waals surface area contributed by atoms with Gasteiger partial charge in [-0.05, 0) is 26.0 Å². The molecule has 0 heterocycles. The van der Waals surface area contributed by atoms with Crippen LogP contribution >= 0.6 is 24.0 Å². The highest BCUT2D eigenvalue weighted by Gasteiger charge is 2.07. The quantitative estimate of drug-likeness (QED) is 0.420. The van der Waals surface area contributed by atoms with Gasteiger partial charge in [-0.3, -0.25) is 4.90 Å². The van der Waals surface area contributed by atoms with Crippen LogP contribution in [0.5, 0.6) is 0 Å². The van der Waals surface area contributed by atoms with Gasteiger partial charge in [-0.1, -0.05) is 37.3 Å². The molecule has 0 unspecified atom stereocenters. The fourth-order valence-corrected chi connectivity index (χ4v) is 2.20. The largest absolute Gasteiger partial charge is 0.355 e. The zero-order valence-electron chi connectivity index (χ0n) is 14.5. The normalized spacial score (nSPS) is 11.5. The van der Waals surface area contributed by atoms with Gasteiger partial charge >= 0.3 is 0 Å². The number of guanidine groups is 1. The van der Waals surface area contributed by atoms with E-state index in [0.717, 1.165) is 25.6 Å². The molecule has 1 N–H and O–H groups in total. The Balaban J connectivity index is 0.00000441. The number of hydrogen-bond acceptors (Lipinski definition) is 2. The second-order valence-corrected chi connectivity index (χ2v) is 5.67. The summed E-state index contributed by atoms with van der Waals surface area (Å²) in [6.07, 6.45) is 0. The first-order chi connectivity index (χ1) is 10.0. The van der Waals surface area contributed by atoms with Crippen LogP contribution in [0, 0.1) is 0 Å². The minimum atomic E-state index is 0. The Bertz CT molecular complexity index is 418. The highest BCUT2D eigenvalue weighted by molar-refractivity contribution is 14.0. The van der Waals surface area contributed by atoms with Gasteiger partial charge in [-0.2, -0.15) is 0 Å². The van der Waals surface area contributed by atoms with Gasteiger partial charge in [-0.15, -0.1) is 24.0 Å². The van der Waals surface area contributed by atoms with Crippen molar-refractivity contribution in [2.24, 2.45) is 4.99 Å². The fourth-order valence-electron chi connectivity index (χ4n) is 2.20. The molecule has 0 atom stereocenters. The van der Waals surface area contributed by atoms with Crippen LogP contribution in [0.3, 0.4) is 0 Å². The third-order valence-electron chi connectivity index (χ3n) is 3.50. The highest BCUT2D eigenvalue weighted by atomic mass is 127. The molecule has 0 aromatic heterocycles. The van der Waals surface area contributed by atoms with Gasteiger partial charge in [0.05, 0.1) is 6.54 Å². The van der Waals surface area contributed by atoms with Crippen molar-refractivity contribution >= 4 is 29.9 Å². The minimum Gasteiger partial charge on any atom is -0.355 e. The lowest BCUT2D eigenvalue weighted by molar-refractivity contribution is 0.237. The van der Waals surface area contributed by atoms with Crippen molar-refractivity contribution in [1.82, 2.24) is 15.1 Å². The number of hydrogen-bond donors (Lipinski definition) is 1. The third kappa shape index (κ3) is 7.98. The average molecular weight is 418 g/mol. The monoisotopic (exact) mass is 418 g/mol. The van der Waals surface area contributed by atoms with Gasteiger partial charge < -0.3 is 10.2 Å². The molecular weight excluding hydrogens is 387 g/mol.